The van der Waals surface area contributed by atoms with Crippen molar-refractivity contribution in [3.63, 3.8) is 0 Å². The highest BCUT2D eigenvalue weighted by Crippen LogP contribution is 2.40. The fraction of sp³-hybridized carbons (Fsp3) is 0.440. The second-order valence-corrected chi connectivity index (χ2v) is 8.76. The molecule has 1 amide bonds. The SMILES string of the molecule is COc1ccc(C2=NN(C(=O)CN3CCN(C)CC3)[C@H](c3ccc4c(c3)OCO4)C2)c(OC)c1. The Bertz CT molecular complexity index is 1100. The Morgan fingerprint density at radius 3 is 2.59 bits per heavy atom. The van der Waals surface area contributed by atoms with Crippen molar-refractivity contribution in [2.45, 2.75) is 12.5 Å². The summed E-state index contributed by atoms with van der Waals surface area (Å²) in [5.74, 6) is 2.76. The van der Waals surface area contributed by atoms with E-state index >= 15 is 0 Å². The topological polar surface area (TPSA) is 76.1 Å². The molecule has 5 rings (SSSR count). The quantitative estimate of drug-likeness (QED) is 0.647. The van der Waals surface area contributed by atoms with Crippen LogP contribution in [0.3, 0.4) is 0 Å². The number of nitrogens with zero attached hydrogens (tertiary/aromatic N) is 4. The van der Waals surface area contributed by atoms with Crippen LogP contribution in [-0.4, -0.2) is 87.2 Å². The van der Waals surface area contributed by atoms with Gasteiger partial charge in [-0.05, 0) is 36.9 Å². The molecule has 0 spiro atoms. The van der Waals surface area contributed by atoms with Gasteiger partial charge in [0.1, 0.15) is 11.5 Å². The van der Waals surface area contributed by atoms with Crippen LogP contribution in [0, 0.1) is 0 Å². The Labute approximate surface area is 199 Å². The van der Waals surface area contributed by atoms with Gasteiger partial charge < -0.3 is 23.8 Å². The molecule has 2 aromatic carbocycles. The van der Waals surface area contributed by atoms with Gasteiger partial charge in [0.25, 0.3) is 5.91 Å². The van der Waals surface area contributed by atoms with Gasteiger partial charge in [-0.15, -0.1) is 0 Å². The third kappa shape index (κ3) is 4.41. The minimum Gasteiger partial charge on any atom is -0.497 e. The average Bonchev–Trinajstić information content (AvgIpc) is 3.52. The Kier molecular flexibility index (Phi) is 6.30. The summed E-state index contributed by atoms with van der Waals surface area (Å²) in [6.07, 6.45) is 0.566. The molecular formula is C25H30N4O5. The lowest BCUT2D eigenvalue weighted by atomic mass is 9.97. The largest absolute Gasteiger partial charge is 0.497 e. The number of hydrazone groups is 1. The van der Waals surface area contributed by atoms with Gasteiger partial charge in [-0.2, -0.15) is 5.10 Å². The van der Waals surface area contributed by atoms with Crippen LogP contribution in [-0.2, 0) is 4.79 Å². The molecule has 34 heavy (non-hydrogen) atoms. The third-order valence-electron chi connectivity index (χ3n) is 6.62. The van der Waals surface area contributed by atoms with Crippen LogP contribution in [0.25, 0.3) is 0 Å². The normalized spacial score (nSPS) is 20.4. The molecule has 9 heteroatoms. The van der Waals surface area contributed by atoms with E-state index in [-0.39, 0.29) is 18.7 Å². The summed E-state index contributed by atoms with van der Waals surface area (Å²) in [5.41, 5.74) is 2.61. The first kappa shape index (κ1) is 22.5. The highest BCUT2D eigenvalue weighted by atomic mass is 16.7. The number of carbonyl (C=O) groups excluding carboxylic acids is 1. The van der Waals surface area contributed by atoms with E-state index in [1.165, 1.54) is 0 Å². The van der Waals surface area contributed by atoms with E-state index in [1.54, 1.807) is 19.2 Å². The van der Waals surface area contributed by atoms with Crippen LogP contribution in [0.15, 0.2) is 41.5 Å². The molecule has 1 fully saturated rings. The van der Waals surface area contributed by atoms with Gasteiger partial charge in [-0.25, -0.2) is 5.01 Å². The highest BCUT2D eigenvalue weighted by molar-refractivity contribution is 6.05. The van der Waals surface area contributed by atoms with Crippen molar-refractivity contribution < 1.29 is 23.7 Å². The highest BCUT2D eigenvalue weighted by Gasteiger charge is 2.35. The van der Waals surface area contributed by atoms with Crippen LogP contribution in [0.4, 0.5) is 0 Å². The Morgan fingerprint density at radius 2 is 1.82 bits per heavy atom. The third-order valence-corrected chi connectivity index (χ3v) is 6.62. The second-order valence-electron chi connectivity index (χ2n) is 8.76. The van der Waals surface area contributed by atoms with Gasteiger partial charge in [-0.3, -0.25) is 9.69 Å². The summed E-state index contributed by atoms with van der Waals surface area (Å²) < 4.78 is 22.0. The molecule has 0 aliphatic carbocycles. The van der Waals surface area contributed by atoms with Crippen LogP contribution < -0.4 is 18.9 Å². The number of likely N-dealkylation sites (N-methyl/N-ethyl adjacent to an activating group) is 1. The number of rotatable bonds is 6. The van der Waals surface area contributed by atoms with Gasteiger partial charge >= 0.3 is 0 Å². The van der Waals surface area contributed by atoms with E-state index in [1.807, 2.05) is 36.4 Å². The molecule has 1 saturated heterocycles. The number of piperazine rings is 1. The minimum atomic E-state index is -0.240. The Balaban J connectivity index is 1.45. The van der Waals surface area contributed by atoms with Gasteiger partial charge in [0.15, 0.2) is 11.5 Å². The molecule has 3 aliphatic heterocycles. The molecule has 0 radical (unpaired) electrons. The van der Waals surface area contributed by atoms with E-state index in [9.17, 15) is 4.79 Å². The van der Waals surface area contributed by atoms with Crippen molar-refractivity contribution in [3.05, 3.63) is 47.5 Å². The first-order valence-electron chi connectivity index (χ1n) is 11.5. The summed E-state index contributed by atoms with van der Waals surface area (Å²) in [4.78, 5) is 18.0. The van der Waals surface area contributed by atoms with Gasteiger partial charge in [0, 0.05) is 44.2 Å². The molecular weight excluding hydrogens is 436 g/mol. The van der Waals surface area contributed by atoms with Crippen LogP contribution in [0.2, 0.25) is 0 Å². The van der Waals surface area contributed by atoms with Crippen molar-refractivity contribution in [3.8, 4) is 23.0 Å². The lowest BCUT2D eigenvalue weighted by Gasteiger charge is -2.33. The molecule has 3 heterocycles. The van der Waals surface area contributed by atoms with Gasteiger partial charge in [0.05, 0.1) is 32.5 Å². The standard InChI is InChI=1S/C25H30N4O5/c1-27-8-10-28(11-9-27)15-25(30)29-21(17-4-7-22-24(12-17)34-16-33-22)14-20(26-29)19-6-5-18(31-2)13-23(19)32-3/h4-7,12-13,21H,8-11,14-16H2,1-3H3/t21-/m0/s1. The molecule has 1 atom stereocenters. The molecule has 3 aliphatic rings. The first-order chi connectivity index (χ1) is 16.6. The molecule has 180 valence electrons. The molecule has 0 unspecified atom stereocenters. The number of amides is 1. The fourth-order valence-electron chi connectivity index (χ4n) is 4.59. The predicted molar refractivity (Wildman–Crippen MR) is 127 cm³/mol. The summed E-state index contributed by atoms with van der Waals surface area (Å²) in [6.45, 7) is 4.19. The predicted octanol–water partition coefficient (Wildman–Crippen LogP) is 2.36. The molecule has 0 N–H and O–H groups in total. The van der Waals surface area contributed by atoms with Crippen molar-refractivity contribution in [1.29, 1.82) is 0 Å². The number of hydrogen-bond acceptors (Lipinski definition) is 8. The van der Waals surface area contributed by atoms with Gasteiger partial charge in [0.2, 0.25) is 6.79 Å². The van der Waals surface area contributed by atoms with Crippen LogP contribution in [0.1, 0.15) is 23.6 Å². The molecule has 0 aromatic heterocycles. The number of ether oxygens (including phenoxy) is 4. The number of benzene rings is 2. The lowest BCUT2D eigenvalue weighted by Crippen LogP contribution is -2.48. The van der Waals surface area contributed by atoms with E-state index in [4.69, 9.17) is 24.0 Å². The zero-order valence-electron chi connectivity index (χ0n) is 19.8. The smallest absolute Gasteiger partial charge is 0.257 e. The minimum absolute atomic E-state index is 0.0188. The molecule has 2 aromatic rings. The Morgan fingerprint density at radius 1 is 1.03 bits per heavy atom. The van der Waals surface area contributed by atoms with Crippen molar-refractivity contribution in [1.82, 2.24) is 14.8 Å². The van der Waals surface area contributed by atoms with Gasteiger partial charge in [-0.1, -0.05) is 6.07 Å². The lowest BCUT2D eigenvalue weighted by molar-refractivity contribution is -0.134. The van der Waals surface area contributed by atoms with Crippen molar-refractivity contribution >= 4 is 11.6 Å². The van der Waals surface area contributed by atoms with Crippen molar-refractivity contribution in [2.75, 3.05) is 60.8 Å². The fourth-order valence-corrected chi connectivity index (χ4v) is 4.59. The monoisotopic (exact) mass is 466 g/mol. The number of hydrogen-bond donors (Lipinski definition) is 0. The summed E-state index contributed by atoms with van der Waals surface area (Å²) in [6, 6.07) is 11.2. The zero-order chi connectivity index (χ0) is 23.7. The van der Waals surface area contributed by atoms with Crippen LogP contribution in [0.5, 0.6) is 23.0 Å². The van der Waals surface area contributed by atoms with E-state index in [2.05, 4.69) is 16.8 Å². The van der Waals surface area contributed by atoms with Crippen LogP contribution >= 0.6 is 0 Å². The number of fused-ring (bicyclic) bond motifs is 1. The maximum Gasteiger partial charge on any atom is 0.257 e. The maximum absolute atomic E-state index is 13.5. The second kappa shape index (κ2) is 9.52. The molecule has 0 saturated carbocycles. The summed E-state index contributed by atoms with van der Waals surface area (Å²) in [5, 5.41) is 6.46. The Hall–Kier alpha value is -3.30. The maximum atomic E-state index is 13.5. The zero-order valence-corrected chi connectivity index (χ0v) is 19.8. The molecule has 9 nitrogen and oxygen atoms in total. The number of carbonyl (C=O) groups is 1. The summed E-state index contributed by atoms with van der Waals surface area (Å²) >= 11 is 0. The first-order valence-corrected chi connectivity index (χ1v) is 11.5. The van der Waals surface area contributed by atoms with E-state index < -0.39 is 0 Å². The number of methoxy groups -OCH3 is 2. The van der Waals surface area contributed by atoms with E-state index in [0.717, 1.165) is 48.8 Å². The molecule has 0 bridgehead atoms. The average molecular weight is 467 g/mol. The van der Waals surface area contributed by atoms with E-state index in [0.29, 0.717) is 30.2 Å². The van der Waals surface area contributed by atoms with Crippen molar-refractivity contribution in [2.24, 2.45) is 5.10 Å². The summed E-state index contributed by atoms with van der Waals surface area (Å²) in [7, 11) is 5.35.